The minimum absolute atomic E-state index is 0.0214. The van der Waals surface area contributed by atoms with Crippen LogP contribution in [0.1, 0.15) is 32.1 Å². The average molecular weight is 238 g/mol. The third kappa shape index (κ3) is 2.90. The molecule has 2 aliphatic rings. The molecule has 2 heterocycles. The van der Waals surface area contributed by atoms with Crippen molar-refractivity contribution in [1.82, 2.24) is 4.90 Å². The van der Waals surface area contributed by atoms with E-state index >= 15 is 0 Å². The number of hydrogen-bond acceptors (Lipinski definition) is 3. The van der Waals surface area contributed by atoms with Crippen molar-refractivity contribution in [1.29, 1.82) is 0 Å². The normalized spacial score (nSPS) is 23.2. The standard InChI is InChI=1S/C11H18N4O2/c12-14-13-9-10(16)15-6-4-11(5-7-15)3-1-2-8-17-11/h1-9H2. The van der Waals surface area contributed by atoms with Gasteiger partial charge in [0, 0.05) is 24.6 Å². The van der Waals surface area contributed by atoms with Crippen molar-refractivity contribution in [3.63, 3.8) is 0 Å². The van der Waals surface area contributed by atoms with Gasteiger partial charge >= 0.3 is 0 Å². The molecule has 17 heavy (non-hydrogen) atoms. The van der Waals surface area contributed by atoms with E-state index in [1.807, 2.05) is 0 Å². The average Bonchev–Trinajstić information content (AvgIpc) is 2.38. The molecule has 0 bridgehead atoms. The van der Waals surface area contributed by atoms with Crippen LogP contribution in [0, 0.1) is 0 Å². The van der Waals surface area contributed by atoms with Crippen LogP contribution in [0.5, 0.6) is 0 Å². The Morgan fingerprint density at radius 2 is 2.12 bits per heavy atom. The maximum Gasteiger partial charge on any atom is 0.228 e. The Morgan fingerprint density at radius 3 is 2.71 bits per heavy atom. The lowest BCUT2D eigenvalue weighted by atomic mass is 9.84. The van der Waals surface area contributed by atoms with E-state index in [1.165, 1.54) is 6.42 Å². The molecule has 0 aliphatic carbocycles. The molecule has 6 heteroatoms. The van der Waals surface area contributed by atoms with Crippen LogP contribution < -0.4 is 0 Å². The molecule has 0 unspecified atom stereocenters. The molecule has 0 atom stereocenters. The first kappa shape index (κ1) is 12.2. The number of carbonyl (C=O) groups excluding carboxylic acids is 1. The van der Waals surface area contributed by atoms with Gasteiger partial charge in [0.1, 0.15) is 6.54 Å². The molecule has 2 fully saturated rings. The fourth-order valence-corrected chi connectivity index (χ4v) is 2.66. The lowest BCUT2D eigenvalue weighted by Gasteiger charge is -2.43. The van der Waals surface area contributed by atoms with Gasteiger partial charge in [0.2, 0.25) is 5.91 Å². The van der Waals surface area contributed by atoms with Crippen molar-refractivity contribution in [2.75, 3.05) is 26.2 Å². The molecule has 2 rings (SSSR count). The first-order chi connectivity index (χ1) is 8.26. The lowest BCUT2D eigenvalue weighted by molar-refractivity contribution is -0.141. The first-order valence-electron chi connectivity index (χ1n) is 6.18. The Morgan fingerprint density at radius 1 is 1.35 bits per heavy atom. The van der Waals surface area contributed by atoms with Crippen molar-refractivity contribution in [3.05, 3.63) is 10.4 Å². The van der Waals surface area contributed by atoms with E-state index in [-0.39, 0.29) is 18.1 Å². The van der Waals surface area contributed by atoms with Gasteiger partial charge in [-0.3, -0.25) is 4.79 Å². The van der Waals surface area contributed by atoms with E-state index in [9.17, 15) is 4.79 Å². The van der Waals surface area contributed by atoms with Crippen molar-refractivity contribution >= 4 is 5.91 Å². The van der Waals surface area contributed by atoms with Gasteiger partial charge in [0.15, 0.2) is 0 Å². The molecule has 0 N–H and O–H groups in total. The summed E-state index contributed by atoms with van der Waals surface area (Å²) in [5, 5.41) is 3.31. The van der Waals surface area contributed by atoms with Crippen LogP contribution in [0.2, 0.25) is 0 Å². The molecule has 94 valence electrons. The van der Waals surface area contributed by atoms with Crippen LogP contribution >= 0.6 is 0 Å². The highest BCUT2D eigenvalue weighted by Crippen LogP contribution is 2.34. The predicted molar refractivity (Wildman–Crippen MR) is 62.4 cm³/mol. The number of likely N-dealkylation sites (tertiary alicyclic amines) is 1. The van der Waals surface area contributed by atoms with Gasteiger partial charge in [0.25, 0.3) is 0 Å². The monoisotopic (exact) mass is 238 g/mol. The Labute approximate surface area is 101 Å². The molecular weight excluding hydrogens is 220 g/mol. The maximum absolute atomic E-state index is 11.6. The molecule has 2 saturated heterocycles. The summed E-state index contributed by atoms with van der Waals surface area (Å²) in [6.45, 7) is 2.23. The highest BCUT2D eigenvalue weighted by molar-refractivity contribution is 5.78. The van der Waals surface area contributed by atoms with Crippen LogP contribution in [-0.4, -0.2) is 42.6 Å². The van der Waals surface area contributed by atoms with Crippen LogP contribution in [0.3, 0.4) is 0 Å². The van der Waals surface area contributed by atoms with E-state index in [4.69, 9.17) is 10.3 Å². The molecule has 1 amide bonds. The van der Waals surface area contributed by atoms with Gasteiger partial charge in [-0.05, 0) is 37.6 Å². The Kier molecular flexibility index (Phi) is 3.86. The van der Waals surface area contributed by atoms with Gasteiger partial charge < -0.3 is 9.64 Å². The molecule has 0 saturated carbocycles. The van der Waals surface area contributed by atoms with Crippen molar-refractivity contribution in [2.24, 2.45) is 5.11 Å². The van der Waals surface area contributed by atoms with Gasteiger partial charge in [0.05, 0.1) is 5.60 Å². The van der Waals surface area contributed by atoms with E-state index < -0.39 is 0 Å². The highest BCUT2D eigenvalue weighted by Gasteiger charge is 2.37. The molecule has 0 aromatic carbocycles. The number of ether oxygens (including phenoxy) is 1. The third-order valence-electron chi connectivity index (χ3n) is 3.73. The summed E-state index contributed by atoms with van der Waals surface area (Å²) in [6, 6.07) is 0. The number of hydrogen-bond donors (Lipinski definition) is 0. The lowest BCUT2D eigenvalue weighted by Crippen LogP contribution is -2.49. The van der Waals surface area contributed by atoms with Crippen LogP contribution in [0.15, 0.2) is 5.11 Å². The summed E-state index contributed by atoms with van der Waals surface area (Å²) < 4.78 is 5.90. The Hall–Kier alpha value is -1.26. The molecule has 0 aromatic heterocycles. The number of nitrogens with zero attached hydrogens (tertiary/aromatic N) is 4. The molecule has 1 spiro atoms. The Balaban J connectivity index is 1.84. The fourth-order valence-electron chi connectivity index (χ4n) is 2.66. The number of carbonyl (C=O) groups is 1. The summed E-state index contributed by atoms with van der Waals surface area (Å²) in [5.74, 6) is -0.0755. The first-order valence-corrected chi connectivity index (χ1v) is 6.18. The van der Waals surface area contributed by atoms with Gasteiger partial charge in [-0.15, -0.1) is 0 Å². The fraction of sp³-hybridized carbons (Fsp3) is 0.909. The van der Waals surface area contributed by atoms with Crippen LogP contribution in [0.25, 0.3) is 10.4 Å². The molecular formula is C11H18N4O2. The van der Waals surface area contributed by atoms with E-state index in [2.05, 4.69) is 10.0 Å². The predicted octanol–water partition coefficient (Wildman–Crippen LogP) is 1.86. The highest BCUT2D eigenvalue weighted by atomic mass is 16.5. The number of azide groups is 1. The smallest absolute Gasteiger partial charge is 0.228 e. The minimum atomic E-state index is -0.0755. The number of amides is 1. The van der Waals surface area contributed by atoms with E-state index in [0.717, 1.165) is 45.4 Å². The number of rotatable bonds is 2. The second kappa shape index (κ2) is 5.38. The second-order valence-corrected chi connectivity index (χ2v) is 4.76. The van der Waals surface area contributed by atoms with Crippen LogP contribution in [0.4, 0.5) is 0 Å². The summed E-state index contributed by atoms with van der Waals surface area (Å²) in [4.78, 5) is 16.0. The summed E-state index contributed by atoms with van der Waals surface area (Å²) >= 11 is 0. The molecule has 6 nitrogen and oxygen atoms in total. The third-order valence-corrected chi connectivity index (χ3v) is 3.73. The van der Waals surface area contributed by atoms with Crippen LogP contribution in [-0.2, 0) is 9.53 Å². The molecule has 0 radical (unpaired) electrons. The topological polar surface area (TPSA) is 78.3 Å². The SMILES string of the molecule is [N-]=[N+]=NCC(=O)N1CCC2(CCCCO2)CC1. The zero-order chi connectivity index (χ0) is 12.1. The van der Waals surface area contributed by atoms with Gasteiger partial charge in [-0.25, -0.2) is 0 Å². The summed E-state index contributed by atoms with van der Waals surface area (Å²) in [6.07, 6.45) is 5.32. The van der Waals surface area contributed by atoms with Gasteiger partial charge in [-0.2, -0.15) is 0 Å². The molecule has 0 aromatic rings. The second-order valence-electron chi connectivity index (χ2n) is 4.76. The minimum Gasteiger partial charge on any atom is -0.375 e. The van der Waals surface area contributed by atoms with Crippen molar-refractivity contribution in [3.8, 4) is 0 Å². The largest absolute Gasteiger partial charge is 0.375 e. The number of piperidine rings is 1. The van der Waals surface area contributed by atoms with E-state index in [1.54, 1.807) is 4.90 Å². The van der Waals surface area contributed by atoms with E-state index in [0.29, 0.717) is 0 Å². The molecule has 2 aliphatic heterocycles. The van der Waals surface area contributed by atoms with Crippen molar-refractivity contribution in [2.45, 2.75) is 37.7 Å². The summed E-state index contributed by atoms with van der Waals surface area (Å²) in [7, 11) is 0. The zero-order valence-electron chi connectivity index (χ0n) is 9.97. The summed E-state index contributed by atoms with van der Waals surface area (Å²) in [5.41, 5.74) is 8.20. The quantitative estimate of drug-likeness (QED) is 0.418. The Bertz CT molecular complexity index is 322. The maximum atomic E-state index is 11.6. The van der Waals surface area contributed by atoms with Crippen molar-refractivity contribution < 1.29 is 9.53 Å². The zero-order valence-corrected chi connectivity index (χ0v) is 9.97. The van der Waals surface area contributed by atoms with Gasteiger partial charge in [-0.1, -0.05) is 5.11 Å².